The summed E-state index contributed by atoms with van der Waals surface area (Å²) in [5.74, 6) is 0.215. The summed E-state index contributed by atoms with van der Waals surface area (Å²) in [6.45, 7) is 0.393. The molecule has 1 aromatic heterocycles. The minimum absolute atomic E-state index is 0.0451. The van der Waals surface area contributed by atoms with Gasteiger partial charge < -0.3 is 20.8 Å². The molecule has 9 heteroatoms. The third kappa shape index (κ3) is 5.27. The first-order chi connectivity index (χ1) is 11.8. The first-order valence-electron chi connectivity index (χ1n) is 7.29. The standard InChI is InChI=1S/C16H17F3N4O2/c1-21-15(23-9-12-5-6-13(25-12)14(20)24)22-8-10-3-2-4-11(7-10)16(17,18)19/h2-7H,8-9H2,1H3,(H2,20,24)(H2,21,22,23). The van der Waals surface area contributed by atoms with Crippen molar-refractivity contribution in [3.8, 4) is 0 Å². The van der Waals surface area contributed by atoms with Gasteiger partial charge in [-0.1, -0.05) is 12.1 Å². The number of primary amides is 1. The van der Waals surface area contributed by atoms with Crippen LogP contribution in [-0.4, -0.2) is 18.9 Å². The van der Waals surface area contributed by atoms with Crippen molar-refractivity contribution in [2.45, 2.75) is 19.3 Å². The van der Waals surface area contributed by atoms with Gasteiger partial charge in [0.25, 0.3) is 5.91 Å². The zero-order chi connectivity index (χ0) is 18.4. The summed E-state index contributed by atoms with van der Waals surface area (Å²) in [6, 6.07) is 8.08. The lowest BCUT2D eigenvalue weighted by atomic mass is 10.1. The van der Waals surface area contributed by atoms with Crippen molar-refractivity contribution >= 4 is 11.9 Å². The fourth-order valence-corrected chi connectivity index (χ4v) is 2.04. The maximum Gasteiger partial charge on any atom is 0.416 e. The zero-order valence-electron chi connectivity index (χ0n) is 13.4. The first kappa shape index (κ1) is 18.4. The van der Waals surface area contributed by atoms with Crippen LogP contribution in [0, 0.1) is 0 Å². The number of halogens is 3. The highest BCUT2D eigenvalue weighted by Gasteiger charge is 2.30. The molecule has 0 spiro atoms. The number of nitrogens with one attached hydrogen (secondary N) is 2. The molecule has 0 saturated carbocycles. The van der Waals surface area contributed by atoms with Crippen molar-refractivity contribution in [3.05, 3.63) is 59.0 Å². The van der Waals surface area contributed by atoms with E-state index in [1.54, 1.807) is 12.1 Å². The van der Waals surface area contributed by atoms with Crippen molar-refractivity contribution in [1.82, 2.24) is 10.6 Å². The van der Waals surface area contributed by atoms with Gasteiger partial charge in [-0.2, -0.15) is 13.2 Å². The Kier molecular flexibility index (Phi) is 5.68. The number of benzene rings is 1. The predicted molar refractivity (Wildman–Crippen MR) is 85.7 cm³/mol. The number of carbonyl (C=O) groups excluding carboxylic acids is 1. The summed E-state index contributed by atoms with van der Waals surface area (Å²) in [4.78, 5) is 14.9. The lowest BCUT2D eigenvalue weighted by Gasteiger charge is -2.12. The maximum atomic E-state index is 12.7. The maximum absolute atomic E-state index is 12.7. The summed E-state index contributed by atoms with van der Waals surface area (Å²) in [6.07, 6.45) is -4.38. The number of amides is 1. The fourth-order valence-electron chi connectivity index (χ4n) is 2.04. The average molecular weight is 354 g/mol. The van der Waals surface area contributed by atoms with Crippen LogP contribution in [0.4, 0.5) is 13.2 Å². The van der Waals surface area contributed by atoms with E-state index in [4.69, 9.17) is 10.2 Å². The van der Waals surface area contributed by atoms with E-state index in [9.17, 15) is 18.0 Å². The molecule has 0 bridgehead atoms. The van der Waals surface area contributed by atoms with E-state index in [0.717, 1.165) is 12.1 Å². The van der Waals surface area contributed by atoms with E-state index in [-0.39, 0.29) is 18.8 Å². The molecule has 4 N–H and O–H groups in total. The quantitative estimate of drug-likeness (QED) is 0.567. The Morgan fingerprint density at radius 3 is 2.52 bits per heavy atom. The summed E-state index contributed by atoms with van der Waals surface area (Å²) in [5, 5.41) is 5.83. The molecule has 134 valence electrons. The highest BCUT2D eigenvalue weighted by atomic mass is 19.4. The number of alkyl halides is 3. The Labute approximate surface area is 141 Å². The monoisotopic (exact) mass is 354 g/mol. The molecule has 0 atom stereocenters. The van der Waals surface area contributed by atoms with Gasteiger partial charge in [0.05, 0.1) is 12.1 Å². The van der Waals surface area contributed by atoms with Crippen molar-refractivity contribution in [2.75, 3.05) is 7.05 Å². The van der Waals surface area contributed by atoms with Gasteiger partial charge in [0, 0.05) is 13.6 Å². The number of hydrogen-bond acceptors (Lipinski definition) is 3. The molecule has 6 nitrogen and oxygen atoms in total. The van der Waals surface area contributed by atoms with Gasteiger partial charge in [-0.3, -0.25) is 9.79 Å². The number of hydrogen-bond donors (Lipinski definition) is 3. The second-order valence-corrected chi connectivity index (χ2v) is 5.11. The van der Waals surface area contributed by atoms with Crippen LogP contribution in [0.2, 0.25) is 0 Å². The second kappa shape index (κ2) is 7.73. The van der Waals surface area contributed by atoms with E-state index >= 15 is 0 Å². The molecular formula is C16H17F3N4O2. The van der Waals surface area contributed by atoms with Crippen LogP contribution in [-0.2, 0) is 19.3 Å². The molecule has 25 heavy (non-hydrogen) atoms. The average Bonchev–Trinajstić information content (AvgIpc) is 3.04. The van der Waals surface area contributed by atoms with Crippen molar-refractivity contribution in [1.29, 1.82) is 0 Å². The Balaban J connectivity index is 1.91. The molecule has 0 saturated heterocycles. The highest BCUT2D eigenvalue weighted by molar-refractivity contribution is 5.89. The Hall–Kier alpha value is -2.97. The zero-order valence-corrected chi connectivity index (χ0v) is 13.4. The normalized spacial score (nSPS) is 12.1. The number of carbonyl (C=O) groups is 1. The lowest BCUT2D eigenvalue weighted by molar-refractivity contribution is -0.137. The Bertz CT molecular complexity index is 769. The molecule has 0 aliphatic heterocycles. The van der Waals surface area contributed by atoms with E-state index in [1.165, 1.54) is 19.2 Å². The van der Waals surface area contributed by atoms with E-state index < -0.39 is 17.6 Å². The number of guanidine groups is 1. The Morgan fingerprint density at radius 2 is 1.92 bits per heavy atom. The van der Waals surface area contributed by atoms with Crippen LogP contribution in [0.25, 0.3) is 0 Å². The molecular weight excluding hydrogens is 337 g/mol. The number of rotatable bonds is 5. The largest absolute Gasteiger partial charge is 0.454 e. The number of furan rings is 1. The molecule has 1 amide bonds. The predicted octanol–water partition coefficient (Wildman–Crippen LogP) is 2.26. The molecule has 1 heterocycles. The van der Waals surface area contributed by atoms with E-state index in [2.05, 4.69) is 15.6 Å². The fraction of sp³-hybridized carbons (Fsp3) is 0.250. The van der Waals surface area contributed by atoms with Crippen LogP contribution < -0.4 is 16.4 Å². The summed E-state index contributed by atoms with van der Waals surface area (Å²) < 4.78 is 43.3. The lowest BCUT2D eigenvalue weighted by Crippen LogP contribution is -2.36. The van der Waals surface area contributed by atoms with Gasteiger partial charge in [-0.05, 0) is 29.8 Å². The number of nitrogens with two attached hydrogens (primary N) is 1. The Morgan fingerprint density at radius 1 is 1.20 bits per heavy atom. The molecule has 2 rings (SSSR count). The van der Waals surface area contributed by atoms with Crippen LogP contribution >= 0.6 is 0 Å². The first-order valence-corrected chi connectivity index (χ1v) is 7.29. The van der Waals surface area contributed by atoms with Gasteiger partial charge in [0.2, 0.25) is 0 Å². The third-order valence-electron chi connectivity index (χ3n) is 3.27. The number of aliphatic imine (C=N–C) groups is 1. The summed E-state index contributed by atoms with van der Waals surface area (Å²) in [7, 11) is 1.53. The van der Waals surface area contributed by atoms with Crippen LogP contribution in [0.1, 0.15) is 27.4 Å². The van der Waals surface area contributed by atoms with Crippen LogP contribution in [0.15, 0.2) is 45.8 Å². The SMILES string of the molecule is CN=C(NCc1cccc(C(F)(F)F)c1)NCc1ccc(C(N)=O)o1. The van der Waals surface area contributed by atoms with Crippen molar-refractivity contribution in [3.63, 3.8) is 0 Å². The van der Waals surface area contributed by atoms with E-state index in [0.29, 0.717) is 17.3 Å². The van der Waals surface area contributed by atoms with Crippen LogP contribution in [0.5, 0.6) is 0 Å². The van der Waals surface area contributed by atoms with E-state index in [1.807, 2.05) is 0 Å². The second-order valence-electron chi connectivity index (χ2n) is 5.11. The minimum atomic E-state index is -4.38. The molecule has 0 aliphatic rings. The van der Waals surface area contributed by atoms with Gasteiger partial charge in [0.15, 0.2) is 11.7 Å². The van der Waals surface area contributed by atoms with Crippen LogP contribution in [0.3, 0.4) is 0 Å². The molecule has 2 aromatic rings. The van der Waals surface area contributed by atoms with Gasteiger partial charge >= 0.3 is 6.18 Å². The smallest absolute Gasteiger partial charge is 0.416 e. The molecule has 0 radical (unpaired) electrons. The summed E-state index contributed by atoms with van der Waals surface area (Å²) in [5.41, 5.74) is 4.86. The van der Waals surface area contributed by atoms with Gasteiger partial charge in [0.1, 0.15) is 5.76 Å². The minimum Gasteiger partial charge on any atom is -0.454 e. The summed E-state index contributed by atoms with van der Waals surface area (Å²) >= 11 is 0. The topological polar surface area (TPSA) is 92.6 Å². The van der Waals surface area contributed by atoms with Gasteiger partial charge in [-0.15, -0.1) is 0 Å². The van der Waals surface area contributed by atoms with Crippen molar-refractivity contribution < 1.29 is 22.4 Å². The number of nitrogens with zero attached hydrogens (tertiary/aromatic N) is 1. The molecule has 0 unspecified atom stereocenters. The molecule has 1 aromatic carbocycles. The molecule has 0 fully saturated rings. The highest BCUT2D eigenvalue weighted by Crippen LogP contribution is 2.29. The third-order valence-corrected chi connectivity index (χ3v) is 3.27. The molecule has 0 aliphatic carbocycles. The van der Waals surface area contributed by atoms with Gasteiger partial charge in [-0.25, -0.2) is 0 Å². The van der Waals surface area contributed by atoms with Crippen molar-refractivity contribution in [2.24, 2.45) is 10.7 Å².